The Kier molecular flexibility index (Phi) is 4.78. The monoisotopic (exact) mass is 269 g/mol. The first-order chi connectivity index (χ1) is 8.45. The number of sulfonamides is 1. The molecule has 7 heteroatoms. The van der Waals surface area contributed by atoms with E-state index in [0.29, 0.717) is 0 Å². The highest BCUT2D eigenvalue weighted by Crippen LogP contribution is 2.18. The molecule has 1 aromatic rings. The van der Waals surface area contributed by atoms with Gasteiger partial charge in [-0.2, -0.15) is 9.57 Å². The molecule has 1 atom stereocenters. The fraction of sp³-hybridized carbons (Fsp3) is 0.455. The van der Waals surface area contributed by atoms with E-state index in [1.54, 1.807) is 13.0 Å². The number of rotatable bonds is 5. The van der Waals surface area contributed by atoms with Crippen LogP contribution in [-0.2, 0) is 14.8 Å². The maximum atomic E-state index is 12.3. The van der Waals surface area contributed by atoms with E-state index in [1.807, 2.05) is 0 Å². The molecule has 98 valence electrons. The number of nitrogens with zero attached hydrogens (tertiary/aromatic N) is 3. The molecule has 1 aromatic heterocycles. The molecule has 0 saturated carbocycles. The van der Waals surface area contributed by atoms with Crippen LogP contribution >= 0.6 is 0 Å². The van der Waals surface area contributed by atoms with Gasteiger partial charge in [0.05, 0.1) is 6.61 Å². The van der Waals surface area contributed by atoms with E-state index in [0.717, 1.165) is 0 Å². The molecule has 0 spiro atoms. The topological polar surface area (TPSA) is 83.3 Å². The van der Waals surface area contributed by atoms with Gasteiger partial charge in [0.2, 0.25) is 10.0 Å². The summed E-state index contributed by atoms with van der Waals surface area (Å²) >= 11 is 0. The first-order valence-corrected chi connectivity index (χ1v) is 6.71. The lowest BCUT2D eigenvalue weighted by atomic mass is 10.4. The van der Waals surface area contributed by atoms with Crippen LogP contribution in [0.5, 0.6) is 0 Å². The number of nitriles is 1. The van der Waals surface area contributed by atoms with Crippen LogP contribution in [-0.4, -0.2) is 44.5 Å². The van der Waals surface area contributed by atoms with E-state index < -0.39 is 10.0 Å². The number of methoxy groups -OCH3 is 1. The lowest BCUT2D eigenvalue weighted by Gasteiger charge is -2.23. The number of likely N-dealkylation sites (N-methyl/N-ethyl adjacent to an activating group) is 1. The van der Waals surface area contributed by atoms with Gasteiger partial charge in [0.25, 0.3) is 0 Å². The van der Waals surface area contributed by atoms with Crippen molar-refractivity contribution in [2.24, 2.45) is 0 Å². The van der Waals surface area contributed by atoms with Crippen LogP contribution in [0.4, 0.5) is 0 Å². The van der Waals surface area contributed by atoms with Gasteiger partial charge >= 0.3 is 0 Å². The quantitative estimate of drug-likeness (QED) is 0.782. The molecule has 0 aliphatic carbocycles. The van der Waals surface area contributed by atoms with Crippen LogP contribution in [0.3, 0.4) is 0 Å². The number of ether oxygens (including phenoxy) is 1. The van der Waals surface area contributed by atoms with Crippen LogP contribution in [0.2, 0.25) is 0 Å². The van der Waals surface area contributed by atoms with E-state index in [2.05, 4.69) is 4.98 Å². The summed E-state index contributed by atoms with van der Waals surface area (Å²) < 4.78 is 30.7. The third-order valence-electron chi connectivity index (χ3n) is 2.56. The Bertz CT molecular complexity index is 551. The second-order valence-electron chi connectivity index (χ2n) is 3.79. The maximum absolute atomic E-state index is 12.3. The SMILES string of the molecule is COCC(C)N(C)S(=O)(=O)c1cccnc1C#N. The summed E-state index contributed by atoms with van der Waals surface area (Å²) in [6, 6.07) is 4.31. The Hall–Kier alpha value is -1.49. The standard InChI is InChI=1S/C11H15N3O3S/c1-9(8-17-3)14(2)18(15,16)11-5-4-6-13-10(11)7-12/h4-6,9H,8H2,1-3H3. The van der Waals surface area contributed by atoms with Crippen molar-refractivity contribution in [2.75, 3.05) is 20.8 Å². The molecule has 0 amide bonds. The Morgan fingerprint density at radius 2 is 2.28 bits per heavy atom. The molecule has 1 unspecified atom stereocenters. The zero-order chi connectivity index (χ0) is 13.8. The number of aromatic nitrogens is 1. The van der Waals surface area contributed by atoms with E-state index in [1.165, 1.54) is 36.8 Å². The molecule has 1 heterocycles. The van der Waals surface area contributed by atoms with Gasteiger partial charge in [-0.1, -0.05) is 0 Å². The maximum Gasteiger partial charge on any atom is 0.246 e. The fourth-order valence-electron chi connectivity index (χ4n) is 1.42. The first kappa shape index (κ1) is 14.6. The van der Waals surface area contributed by atoms with Crippen LogP contribution in [0.15, 0.2) is 23.2 Å². The summed E-state index contributed by atoms with van der Waals surface area (Å²) in [6.07, 6.45) is 1.39. The first-order valence-electron chi connectivity index (χ1n) is 5.27. The molecule has 0 radical (unpaired) electrons. The third-order valence-corrected chi connectivity index (χ3v) is 4.57. The number of hydrogen-bond acceptors (Lipinski definition) is 5. The van der Waals surface area contributed by atoms with E-state index in [-0.39, 0.29) is 23.2 Å². The van der Waals surface area contributed by atoms with Crippen molar-refractivity contribution in [1.29, 1.82) is 5.26 Å². The minimum absolute atomic E-state index is 0.0852. The zero-order valence-electron chi connectivity index (χ0n) is 10.5. The summed E-state index contributed by atoms with van der Waals surface area (Å²) in [5.74, 6) is 0. The van der Waals surface area contributed by atoms with Gasteiger partial charge in [0, 0.05) is 26.4 Å². The van der Waals surface area contributed by atoms with Gasteiger partial charge in [-0.15, -0.1) is 0 Å². The second-order valence-corrected chi connectivity index (χ2v) is 5.75. The Morgan fingerprint density at radius 1 is 1.61 bits per heavy atom. The lowest BCUT2D eigenvalue weighted by molar-refractivity contribution is 0.149. The van der Waals surface area contributed by atoms with Gasteiger partial charge in [0.15, 0.2) is 5.69 Å². The highest BCUT2D eigenvalue weighted by molar-refractivity contribution is 7.89. The number of pyridine rings is 1. The highest BCUT2D eigenvalue weighted by atomic mass is 32.2. The molecule has 0 aromatic carbocycles. The average molecular weight is 269 g/mol. The summed E-state index contributed by atoms with van der Waals surface area (Å²) in [7, 11) is -0.782. The Labute approximate surface area is 107 Å². The van der Waals surface area contributed by atoms with Gasteiger partial charge in [-0.3, -0.25) is 0 Å². The molecule has 0 N–H and O–H groups in total. The molecule has 6 nitrogen and oxygen atoms in total. The molecule has 0 fully saturated rings. The fourth-order valence-corrected chi connectivity index (χ4v) is 2.86. The van der Waals surface area contributed by atoms with Crippen LogP contribution in [0.1, 0.15) is 12.6 Å². The summed E-state index contributed by atoms with van der Waals surface area (Å²) in [5.41, 5.74) is -0.103. The molecule has 0 aliphatic rings. The minimum Gasteiger partial charge on any atom is -0.383 e. The average Bonchev–Trinajstić information content (AvgIpc) is 2.38. The van der Waals surface area contributed by atoms with Crippen molar-refractivity contribution in [3.8, 4) is 6.07 Å². The second kappa shape index (κ2) is 5.91. The highest BCUT2D eigenvalue weighted by Gasteiger charge is 2.28. The Balaban J connectivity index is 3.18. The summed E-state index contributed by atoms with van der Waals surface area (Å²) in [6.45, 7) is 2.00. The van der Waals surface area contributed by atoms with Crippen molar-refractivity contribution in [3.63, 3.8) is 0 Å². The molecular weight excluding hydrogens is 254 g/mol. The predicted octanol–water partition coefficient (Wildman–Crippen LogP) is 0.609. The predicted molar refractivity (Wildman–Crippen MR) is 65.2 cm³/mol. The molecule has 0 aliphatic heterocycles. The van der Waals surface area contributed by atoms with Crippen molar-refractivity contribution in [2.45, 2.75) is 17.9 Å². The van der Waals surface area contributed by atoms with Crippen LogP contribution in [0, 0.1) is 11.3 Å². The normalized spacial score (nSPS) is 13.3. The Morgan fingerprint density at radius 3 is 2.83 bits per heavy atom. The van der Waals surface area contributed by atoms with Gasteiger partial charge in [0.1, 0.15) is 11.0 Å². The van der Waals surface area contributed by atoms with Crippen molar-refractivity contribution in [3.05, 3.63) is 24.0 Å². The third kappa shape index (κ3) is 2.85. The zero-order valence-corrected chi connectivity index (χ0v) is 11.3. The van der Waals surface area contributed by atoms with Crippen molar-refractivity contribution >= 4 is 10.0 Å². The molecule has 18 heavy (non-hydrogen) atoms. The molecule has 0 bridgehead atoms. The van der Waals surface area contributed by atoms with Crippen molar-refractivity contribution < 1.29 is 13.2 Å². The van der Waals surface area contributed by atoms with Gasteiger partial charge in [-0.05, 0) is 19.1 Å². The van der Waals surface area contributed by atoms with E-state index in [9.17, 15) is 8.42 Å². The van der Waals surface area contributed by atoms with E-state index >= 15 is 0 Å². The van der Waals surface area contributed by atoms with Crippen LogP contribution in [0.25, 0.3) is 0 Å². The largest absolute Gasteiger partial charge is 0.383 e. The van der Waals surface area contributed by atoms with Crippen LogP contribution < -0.4 is 0 Å². The minimum atomic E-state index is -3.73. The smallest absolute Gasteiger partial charge is 0.246 e. The summed E-state index contributed by atoms with van der Waals surface area (Å²) in [4.78, 5) is 3.67. The number of hydrogen-bond donors (Lipinski definition) is 0. The molecule has 1 rings (SSSR count). The van der Waals surface area contributed by atoms with Crippen molar-refractivity contribution in [1.82, 2.24) is 9.29 Å². The van der Waals surface area contributed by atoms with Gasteiger partial charge in [-0.25, -0.2) is 13.4 Å². The van der Waals surface area contributed by atoms with E-state index in [4.69, 9.17) is 10.00 Å². The summed E-state index contributed by atoms with van der Waals surface area (Å²) in [5, 5.41) is 8.89. The lowest BCUT2D eigenvalue weighted by Crippen LogP contribution is -2.38. The van der Waals surface area contributed by atoms with Gasteiger partial charge < -0.3 is 4.74 Å². The molecule has 0 saturated heterocycles. The molecular formula is C11H15N3O3S.